The van der Waals surface area contributed by atoms with Crippen LogP contribution in [0.15, 0.2) is 42.5 Å². The maximum atomic E-state index is 13.9. The average Bonchev–Trinajstić information content (AvgIpc) is 2.68. The molecule has 1 aliphatic rings. The highest BCUT2D eigenvalue weighted by atomic mass is 35.5. The molecule has 148 valence electrons. The summed E-state index contributed by atoms with van der Waals surface area (Å²) in [4.78, 5) is 26.6. The number of carbonyl (C=O) groups is 2. The highest BCUT2D eigenvalue weighted by Gasteiger charge is 2.25. The van der Waals surface area contributed by atoms with Gasteiger partial charge in [-0.05, 0) is 43.9 Å². The van der Waals surface area contributed by atoms with E-state index in [9.17, 15) is 14.0 Å². The second-order valence-electron chi connectivity index (χ2n) is 7.21. The highest BCUT2D eigenvalue weighted by Crippen LogP contribution is 2.20. The van der Waals surface area contributed by atoms with Crippen molar-refractivity contribution in [3.63, 3.8) is 0 Å². The zero-order valence-corrected chi connectivity index (χ0v) is 16.6. The maximum absolute atomic E-state index is 13.9. The molecule has 1 N–H and O–H groups in total. The van der Waals surface area contributed by atoms with Gasteiger partial charge in [-0.25, -0.2) is 4.39 Å². The van der Waals surface area contributed by atoms with Crippen LogP contribution in [0.4, 0.5) is 4.39 Å². The van der Waals surface area contributed by atoms with E-state index >= 15 is 0 Å². The molecular formula is C22H24ClFN2O2. The molecule has 1 aliphatic heterocycles. The minimum absolute atomic E-state index is 0.0932. The van der Waals surface area contributed by atoms with Gasteiger partial charge in [0, 0.05) is 25.6 Å². The molecule has 1 fully saturated rings. The molecule has 2 amide bonds. The van der Waals surface area contributed by atoms with Crippen molar-refractivity contribution in [1.29, 1.82) is 0 Å². The number of likely N-dealkylation sites (tertiary alicyclic amines) is 1. The zero-order valence-electron chi connectivity index (χ0n) is 15.9. The van der Waals surface area contributed by atoms with Crippen molar-refractivity contribution in [2.24, 2.45) is 0 Å². The Bertz CT molecular complexity index is 826. The second kappa shape index (κ2) is 9.20. The molecule has 1 saturated heterocycles. The lowest BCUT2D eigenvalue weighted by atomic mass is 10.0. The largest absolute Gasteiger partial charge is 0.349 e. The van der Waals surface area contributed by atoms with Crippen molar-refractivity contribution in [2.45, 2.75) is 38.6 Å². The lowest BCUT2D eigenvalue weighted by Crippen LogP contribution is -2.46. The average molecular weight is 403 g/mol. The molecule has 28 heavy (non-hydrogen) atoms. The number of nitrogens with zero attached hydrogens (tertiary/aromatic N) is 1. The molecule has 0 radical (unpaired) electrons. The first-order valence-corrected chi connectivity index (χ1v) is 9.90. The van der Waals surface area contributed by atoms with Gasteiger partial charge in [-0.1, -0.05) is 47.5 Å². The predicted octanol–water partition coefficient (Wildman–Crippen LogP) is 4.14. The van der Waals surface area contributed by atoms with Gasteiger partial charge in [0.1, 0.15) is 5.82 Å². The maximum Gasteiger partial charge on any atom is 0.255 e. The number of nitrogens with one attached hydrogen (secondary N) is 1. The minimum Gasteiger partial charge on any atom is -0.349 e. The van der Waals surface area contributed by atoms with Crippen LogP contribution in [0.1, 0.15) is 40.7 Å². The SMILES string of the molecule is Cc1ccc(CCC(=O)N2CCC(NC(=O)c3c(F)cccc3Cl)CC2)cc1. The first-order chi connectivity index (χ1) is 13.4. The summed E-state index contributed by atoms with van der Waals surface area (Å²) in [5.41, 5.74) is 2.24. The summed E-state index contributed by atoms with van der Waals surface area (Å²) in [6.07, 6.45) is 2.49. The number of carbonyl (C=O) groups excluding carboxylic acids is 2. The fraction of sp³-hybridized carbons (Fsp3) is 0.364. The summed E-state index contributed by atoms with van der Waals surface area (Å²) in [5, 5.41) is 2.94. The number of piperidine rings is 1. The van der Waals surface area contributed by atoms with E-state index in [1.807, 2.05) is 11.8 Å². The Balaban J connectivity index is 1.46. The quantitative estimate of drug-likeness (QED) is 0.817. The molecule has 0 atom stereocenters. The van der Waals surface area contributed by atoms with Crippen molar-refractivity contribution in [3.05, 3.63) is 70.0 Å². The summed E-state index contributed by atoms with van der Waals surface area (Å²) in [7, 11) is 0. The van der Waals surface area contributed by atoms with Gasteiger partial charge < -0.3 is 10.2 Å². The van der Waals surface area contributed by atoms with Crippen LogP contribution in [0, 0.1) is 12.7 Å². The Hall–Kier alpha value is -2.40. The van der Waals surface area contributed by atoms with Gasteiger partial charge in [0.2, 0.25) is 5.91 Å². The van der Waals surface area contributed by atoms with E-state index in [1.165, 1.54) is 23.8 Å². The molecule has 4 nitrogen and oxygen atoms in total. The van der Waals surface area contributed by atoms with Gasteiger partial charge in [0.25, 0.3) is 5.91 Å². The van der Waals surface area contributed by atoms with Gasteiger partial charge in [-0.3, -0.25) is 9.59 Å². The van der Waals surface area contributed by atoms with Crippen molar-refractivity contribution < 1.29 is 14.0 Å². The summed E-state index contributed by atoms with van der Waals surface area (Å²) >= 11 is 5.95. The van der Waals surface area contributed by atoms with Crippen molar-refractivity contribution in [1.82, 2.24) is 10.2 Å². The first kappa shape index (κ1) is 20.3. The van der Waals surface area contributed by atoms with Gasteiger partial charge >= 0.3 is 0 Å². The topological polar surface area (TPSA) is 49.4 Å². The number of hydrogen-bond acceptors (Lipinski definition) is 2. The number of halogens is 2. The standard InChI is InChI=1S/C22H24ClFN2O2/c1-15-5-7-16(8-6-15)9-10-20(27)26-13-11-17(12-14-26)25-22(28)21-18(23)3-2-4-19(21)24/h2-8,17H,9-14H2,1H3,(H,25,28). The fourth-order valence-corrected chi connectivity index (χ4v) is 3.66. The molecule has 0 aliphatic carbocycles. The first-order valence-electron chi connectivity index (χ1n) is 9.52. The van der Waals surface area contributed by atoms with Crippen LogP contribution in [-0.4, -0.2) is 35.8 Å². The van der Waals surface area contributed by atoms with Crippen LogP contribution < -0.4 is 5.32 Å². The Morgan fingerprint density at radius 1 is 1.14 bits per heavy atom. The molecule has 1 heterocycles. The van der Waals surface area contributed by atoms with E-state index in [2.05, 4.69) is 29.6 Å². The molecule has 3 rings (SSSR count). The van der Waals surface area contributed by atoms with E-state index in [4.69, 9.17) is 11.6 Å². The summed E-state index contributed by atoms with van der Waals surface area (Å²) in [6, 6.07) is 12.3. The van der Waals surface area contributed by atoms with Gasteiger partial charge in [0.05, 0.1) is 10.6 Å². The van der Waals surface area contributed by atoms with E-state index in [0.717, 1.165) is 12.0 Å². The molecule has 0 saturated carbocycles. The molecule has 2 aromatic rings. The van der Waals surface area contributed by atoms with Crippen molar-refractivity contribution >= 4 is 23.4 Å². The Labute approximate surface area is 169 Å². The Morgan fingerprint density at radius 3 is 2.46 bits per heavy atom. The van der Waals surface area contributed by atoms with Crippen LogP contribution in [0.2, 0.25) is 5.02 Å². The van der Waals surface area contributed by atoms with Crippen molar-refractivity contribution in [3.8, 4) is 0 Å². The molecule has 2 aromatic carbocycles. The van der Waals surface area contributed by atoms with E-state index in [0.29, 0.717) is 32.4 Å². The van der Waals surface area contributed by atoms with Gasteiger partial charge in [-0.15, -0.1) is 0 Å². The molecule has 6 heteroatoms. The number of benzene rings is 2. The number of aryl methyl sites for hydroxylation is 2. The van der Waals surface area contributed by atoms with Crippen LogP contribution in [0.5, 0.6) is 0 Å². The third kappa shape index (κ3) is 5.10. The number of rotatable bonds is 5. The van der Waals surface area contributed by atoms with Crippen LogP contribution in [0.3, 0.4) is 0 Å². The lowest BCUT2D eigenvalue weighted by Gasteiger charge is -2.32. The summed E-state index contributed by atoms with van der Waals surface area (Å²) < 4.78 is 13.9. The molecule has 0 bridgehead atoms. The predicted molar refractivity (Wildman–Crippen MR) is 108 cm³/mol. The van der Waals surface area contributed by atoms with E-state index in [1.54, 1.807) is 0 Å². The van der Waals surface area contributed by atoms with E-state index < -0.39 is 11.7 Å². The van der Waals surface area contributed by atoms with Crippen molar-refractivity contribution in [2.75, 3.05) is 13.1 Å². The Kier molecular flexibility index (Phi) is 6.68. The second-order valence-corrected chi connectivity index (χ2v) is 7.62. The minimum atomic E-state index is -0.631. The third-order valence-corrected chi connectivity index (χ3v) is 5.44. The number of amides is 2. The van der Waals surface area contributed by atoms with Gasteiger partial charge in [0.15, 0.2) is 0 Å². The smallest absolute Gasteiger partial charge is 0.255 e. The van der Waals surface area contributed by atoms with Crippen LogP contribution in [-0.2, 0) is 11.2 Å². The third-order valence-electron chi connectivity index (χ3n) is 5.12. The molecule has 0 spiro atoms. The van der Waals surface area contributed by atoms with Crippen LogP contribution >= 0.6 is 11.6 Å². The fourth-order valence-electron chi connectivity index (χ4n) is 3.41. The Morgan fingerprint density at radius 2 is 1.82 bits per heavy atom. The monoisotopic (exact) mass is 402 g/mol. The normalized spacial score (nSPS) is 14.8. The zero-order chi connectivity index (χ0) is 20.1. The van der Waals surface area contributed by atoms with E-state index in [-0.39, 0.29) is 22.5 Å². The van der Waals surface area contributed by atoms with Gasteiger partial charge in [-0.2, -0.15) is 0 Å². The molecule has 0 unspecified atom stereocenters. The molecule has 0 aromatic heterocycles. The lowest BCUT2D eigenvalue weighted by molar-refractivity contribution is -0.132. The highest BCUT2D eigenvalue weighted by molar-refractivity contribution is 6.33. The summed E-state index contributed by atoms with van der Waals surface area (Å²) in [6.45, 7) is 3.21. The summed E-state index contributed by atoms with van der Waals surface area (Å²) in [5.74, 6) is -1.01. The number of hydrogen-bond donors (Lipinski definition) is 1. The molecular weight excluding hydrogens is 379 g/mol. The van der Waals surface area contributed by atoms with Crippen LogP contribution in [0.25, 0.3) is 0 Å².